The van der Waals surface area contributed by atoms with Crippen molar-refractivity contribution in [3.63, 3.8) is 0 Å². The number of methoxy groups -OCH3 is 1. The van der Waals surface area contributed by atoms with Crippen molar-refractivity contribution in [2.24, 2.45) is 11.8 Å². The van der Waals surface area contributed by atoms with Crippen LogP contribution in [0, 0.1) is 11.8 Å². The van der Waals surface area contributed by atoms with Crippen molar-refractivity contribution >= 4 is 11.8 Å². The summed E-state index contributed by atoms with van der Waals surface area (Å²) in [7, 11) is 1.67. The Morgan fingerprint density at radius 1 is 0.972 bits per heavy atom. The van der Waals surface area contributed by atoms with Gasteiger partial charge in [-0.1, -0.05) is 45.9 Å². The Hall–Kier alpha value is -3.13. The van der Waals surface area contributed by atoms with E-state index in [1.165, 1.54) is 0 Å². The summed E-state index contributed by atoms with van der Waals surface area (Å²) in [6, 6.07) is 7.93. The zero-order valence-electron chi connectivity index (χ0n) is 22.3. The first-order valence-corrected chi connectivity index (χ1v) is 12.8. The highest BCUT2D eigenvalue weighted by Gasteiger charge is 2.27. The molecule has 1 fully saturated rings. The third-order valence-corrected chi connectivity index (χ3v) is 6.38. The van der Waals surface area contributed by atoms with Crippen LogP contribution in [0.1, 0.15) is 60.4 Å². The maximum absolute atomic E-state index is 13.4. The molecule has 2 aromatic rings. The number of piperazine rings is 1. The molecule has 1 aliphatic heterocycles. The monoisotopic (exact) mass is 496 g/mol. The molecule has 36 heavy (non-hydrogen) atoms. The lowest BCUT2D eigenvalue weighted by Gasteiger charge is -2.35. The number of amides is 2. The fourth-order valence-electron chi connectivity index (χ4n) is 4.40. The Morgan fingerprint density at radius 2 is 1.64 bits per heavy atom. The first kappa shape index (κ1) is 27.5. The van der Waals surface area contributed by atoms with E-state index >= 15 is 0 Å². The number of nitrogens with one attached hydrogen (secondary N) is 1. The summed E-state index contributed by atoms with van der Waals surface area (Å²) >= 11 is 0. The number of benzene rings is 1. The predicted molar refractivity (Wildman–Crippen MR) is 142 cm³/mol. The SMILES string of the molecule is COc1ccccc1CN1CCN(C(=O)c2cn(CC(C)C)cc(C(=O)NCCC(C)C)c2=O)CC1. The second kappa shape index (κ2) is 12.7. The second-order valence-electron chi connectivity index (χ2n) is 10.3. The highest BCUT2D eigenvalue weighted by molar-refractivity contribution is 5.99. The number of hydrogen-bond donors (Lipinski definition) is 1. The number of para-hydroxylation sites is 1. The fourth-order valence-corrected chi connectivity index (χ4v) is 4.40. The summed E-state index contributed by atoms with van der Waals surface area (Å²) < 4.78 is 7.26. The van der Waals surface area contributed by atoms with Gasteiger partial charge in [-0.2, -0.15) is 0 Å². The van der Waals surface area contributed by atoms with Gasteiger partial charge in [0.05, 0.1) is 7.11 Å². The van der Waals surface area contributed by atoms with Gasteiger partial charge in [-0.15, -0.1) is 0 Å². The molecule has 8 nitrogen and oxygen atoms in total. The predicted octanol–water partition coefficient (Wildman–Crippen LogP) is 3.25. The zero-order chi connectivity index (χ0) is 26.2. The minimum Gasteiger partial charge on any atom is -0.496 e. The molecule has 1 aliphatic rings. The fraction of sp³-hybridized carbons (Fsp3) is 0.536. The maximum Gasteiger partial charge on any atom is 0.259 e. The van der Waals surface area contributed by atoms with E-state index in [1.807, 2.05) is 24.3 Å². The Labute approximate surface area is 214 Å². The summed E-state index contributed by atoms with van der Waals surface area (Å²) in [6.07, 6.45) is 4.01. The number of nitrogens with zero attached hydrogens (tertiary/aromatic N) is 3. The van der Waals surface area contributed by atoms with Crippen LogP contribution in [0.2, 0.25) is 0 Å². The zero-order valence-corrected chi connectivity index (χ0v) is 22.3. The average molecular weight is 497 g/mol. The lowest BCUT2D eigenvalue weighted by molar-refractivity contribution is 0.0625. The van der Waals surface area contributed by atoms with Crippen LogP contribution in [-0.4, -0.2) is 66.0 Å². The number of carbonyl (C=O) groups is 2. The van der Waals surface area contributed by atoms with Gasteiger partial charge in [0.1, 0.15) is 16.9 Å². The van der Waals surface area contributed by atoms with E-state index in [4.69, 9.17) is 4.74 Å². The van der Waals surface area contributed by atoms with Crippen molar-refractivity contribution in [1.82, 2.24) is 19.7 Å². The standard InChI is InChI=1S/C28H40N4O4/c1-20(2)10-11-29-27(34)23-18-31(16-21(3)4)19-24(26(23)33)28(35)32-14-12-30(13-15-32)17-22-8-6-7-9-25(22)36-5/h6-9,18-21H,10-17H2,1-5H3,(H,29,34). The summed E-state index contributed by atoms with van der Waals surface area (Å²) in [4.78, 5) is 43.5. The van der Waals surface area contributed by atoms with Crippen LogP contribution in [0.3, 0.4) is 0 Å². The number of ether oxygens (including phenoxy) is 1. The van der Waals surface area contributed by atoms with Crippen LogP contribution in [0.25, 0.3) is 0 Å². The van der Waals surface area contributed by atoms with Crippen LogP contribution in [-0.2, 0) is 13.1 Å². The molecule has 3 rings (SSSR count). The van der Waals surface area contributed by atoms with E-state index in [-0.39, 0.29) is 17.0 Å². The molecule has 2 heterocycles. The smallest absolute Gasteiger partial charge is 0.259 e. The highest BCUT2D eigenvalue weighted by atomic mass is 16.5. The van der Waals surface area contributed by atoms with E-state index in [0.29, 0.717) is 51.1 Å². The third-order valence-electron chi connectivity index (χ3n) is 6.38. The lowest BCUT2D eigenvalue weighted by atomic mass is 10.1. The average Bonchev–Trinajstić information content (AvgIpc) is 2.84. The summed E-state index contributed by atoms with van der Waals surface area (Å²) in [5, 5.41) is 2.84. The van der Waals surface area contributed by atoms with E-state index in [2.05, 4.69) is 37.9 Å². The van der Waals surface area contributed by atoms with E-state index in [9.17, 15) is 14.4 Å². The number of rotatable bonds is 10. The summed E-state index contributed by atoms with van der Waals surface area (Å²) in [5.74, 6) is 0.856. The third kappa shape index (κ3) is 7.20. The van der Waals surface area contributed by atoms with Crippen molar-refractivity contribution in [3.05, 3.63) is 63.6 Å². The molecular formula is C28H40N4O4. The molecular weight excluding hydrogens is 456 g/mol. The molecule has 1 aromatic heterocycles. The highest BCUT2D eigenvalue weighted by Crippen LogP contribution is 2.20. The van der Waals surface area contributed by atoms with E-state index in [1.54, 1.807) is 29.0 Å². The molecule has 0 unspecified atom stereocenters. The molecule has 0 radical (unpaired) electrons. The Kier molecular flexibility index (Phi) is 9.70. The van der Waals surface area contributed by atoms with Crippen LogP contribution in [0.5, 0.6) is 5.75 Å². The molecule has 8 heteroatoms. The second-order valence-corrected chi connectivity index (χ2v) is 10.3. The van der Waals surface area contributed by atoms with Crippen molar-refractivity contribution in [2.75, 3.05) is 39.8 Å². The Morgan fingerprint density at radius 3 is 2.28 bits per heavy atom. The van der Waals surface area contributed by atoms with Gasteiger partial charge in [0.25, 0.3) is 11.8 Å². The van der Waals surface area contributed by atoms with Gasteiger partial charge in [0, 0.05) is 63.8 Å². The molecule has 196 valence electrons. The van der Waals surface area contributed by atoms with Crippen molar-refractivity contribution in [2.45, 2.75) is 47.2 Å². The summed E-state index contributed by atoms with van der Waals surface area (Å²) in [6.45, 7) is 12.5. The van der Waals surface area contributed by atoms with Crippen molar-refractivity contribution < 1.29 is 14.3 Å². The van der Waals surface area contributed by atoms with Crippen molar-refractivity contribution in [3.8, 4) is 5.75 Å². The van der Waals surface area contributed by atoms with Crippen LogP contribution >= 0.6 is 0 Å². The maximum atomic E-state index is 13.4. The number of pyridine rings is 1. The number of hydrogen-bond acceptors (Lipinski definition) is 5. The first-order chi connectivity index (χ1) is 17.2. The summed E-state index contributed by atoms with van der Waals surface area (Å²) in [5.41, 5.74) is 0.691. The molecule has 1 saturated heterocycles. The Bertz CT molecular complexity index is 1100. The van der Waals surface area contributed by atoms with Gasteiger partial charge in [-0.05, 0) is 24.3 Å². The largest absolute Gasteiger partial charge is 0.496 e. The molecule has 0 spiro atoms. The van der Waals surface area contributed by atoms with E-state index in [0.717, 1.165) is 24.3 Å². The molecule has 1 N–H and O–H groups in total. The first-order valence-electron chi connectivity index (χ1n) is 12.8. The van der Waals surface area contributed by atoms with Crippen LogP contribution in [0.4, 0.5) is 0 Å². The lowest BCUT2D eigenvalue weighted by Crippen LogP contribution is -2.49. The minimum atomic E-state index is -0.501. The van der Waals surface area contributed by atoms with E-state index < -0.39 is 11.3 Å². The molecule has 1 aromatic carbocycles. The van der Waals surface area contributed by atoms with Crippen LogP contribution in [0.15, 0.2) is 41.5 Å². The molecule has 0 saturated carbocycles. The van der Waals surface area contributed by atoms with Gasteiger partial charge in [-0.25, -0.2) is 0 Å². The quantitative estimate of drug-likeness (QED) is 0.546. The van der Waals surface area contributed by atoms with Gasteiger partial charge in [0.2, 0.25) is 5.43 Å². The topological polar surface area (TPSA) is 83.9 Å². The minimum absolute atomic E-state index is 0.0278. The van der Waals surface area contributed by atoms with Gasteiger partial charge in [0.15, 0.2) is 0 Å². The van der Waals surface area contributed by atoms with Crippen LogP contribution < -0.4 is 15.5 Å². The normalized spacial score (nSPS) is 14.4. The molecule has 0 aliphatic carbocycles. The molecule has 0 bridgehead atoms. The Balaban J connectivity index is 1.74. The number of carbonyl (C=O) groups excluding carboxylic acids is 2. The molecule has 2 amide bonds. The van der Waals surface area contributed by atoms with Gasteiger partial charge in [-0.3, -0.25) is 19.3 Å². The van der Waals surface area contributed by atoms with Crippen molar-refractivity contribution in [1.29, 1.82) is 0 Å². The van der Waals surface area contributed by atoms with Gasteiger partial charge >= 0.3 is 0 Å². The number of aromatic nitrogens is 1. The molecule has 0 atom stereocenters. The van der Waals surface area contributed by atoms with Gasteiger partial charge < -0.3 is 19.5 Å².